The first-order valence-electron chi connectivity index (χ1n) is 6.73. The van der Waals surface area contributed by atoms with E-state index >= 15 is 0 Å². The van der Waals surface area contributed by atoms with Crippen LogP contribution in [0.3, 0.4) is 0 Å². The molecular weight excluding hydrogens is 314 g/mol. The molecule has 0 aliphatic heterocycles. The lowest BCUT2D eigenvalue weighted by Gasteiger charge is -2.06. The summed E-state index contributed by atoms with van der Waals surface area (Å²) in [6.45, 7) is 2.05. The van der Waals surface area contributed by atoms with Gasteiger partial charge in [-0.3, -0.25) is 15.6 Å². The van der Waals surface area contributed by atoms with E-state index in [2.05, 4.69) is 21.9 Å². The molecule has 0 radical (unpaired) electrons. The molecule has 3 rings (SSSR count). The predicted molar refractivity (Wildman–Crippen MR) is 93.7 cm³/mol. The van der Waals surface area contributed by atoms with E-state index in [0.717, 1.165) is 15.1 Å². The van der Waals surface area contributed by atoms with Gasteiger partial charge in [-0.25, -0.2) is 4.98 Å². The Morgan fingerprint density at radius 1 is 1.23 bits per heavy atom. The first-order chi connectivity index (χ1) is 10.7. The number of aryl methyl sites for hydroxylation is 1. The highest BCUT2D eigenvalue weighted by Gasteiger charge is 2.08. The lowest BCUT2D eigenvalue weighted by atomic mass is 10.2. The summed E-state index contributed by atoms with van der Waals surface area (Å²) in [6.07, 6.45) is 1.98. The zero-order valence-electron chi connectivity index (χ0n) is 12.2. The van der Waals surface area contributed by atoms with Crippen molar-refractivity contribution in [3.63, 3.8) is 0 Å². The minimum atomic E-state index is -0.175. The molecule has 0 fully saturated rings. The summed E-state index contributed by atoms with van der Waals surface area (Å²) >= 11 is 3.12. The lowest BCUT2D eigenvalue weighted by Crippen LogP contribution is -2.29. The zero-order valence-corrected chi connectivity index (χ0v) is 13.8. The topological polar surface area (TPSA) is 54.0 Å². The number of nitrogens with zero attached hydrogens (tertiary/aromatic N) is 1. The highest BCUT2D eigenvalue weighted by Crippen LogP contribution is 2.26. The largest absolute Gasteiger partial charge is 0.273 e. The SMILES string of the molecule is CSc1cccc(C(=O)NNc2nc3ccc(C)cc3s2)c1. The Kier molecular flexibility index (Phi) is 4.31. The molecule has 22 heavy (non-hydrogen) atoms. The highest BCUT2D eigenvalue weighted by molar-refractivity contribution is 7.98. The minimum absolute atomic E-state index is 0.175. The fourth-order valence-corrected chi connectivity index (χ4v) is 3.41. The lowest BCUT2D eigenvalue weighted by molar-refractivity contribution is 0.0962. The molecule has 2 N–H and O–H groups in total. The van der Waals surface area contributed by atoms with Gasteiger partial charge in [-0.05, 0) is 49.1 Å². The maximum absolute atomic E-state index is 12.1. The molecule has 1 heterocycles. The van der Waals surface area contributed by atoms with Gasteiger partial charge in [-0.15, -0.1) is 11.8 Å². The summed E-state index contributed by atoms with van der Waals surface area (Å²) in [6, 6.07) is 13.6. The number of carbonyl (C=O) groups excluding carboxylic acids is 1. The molecule has 3 aromatic rings. The van der Waals surface area contributed by atoms with Crippen molar-refractivity contribution in [1.82, 2.24) is 10.4 Å². The second-order valence-electron chi connectivity index (χ2n) is 4.80. The van der Waals surface area contributed by atoms with Crippen molar-refractivity contribution in [2.45, 2.75) is 11.8 Å². The fraction of sp³-hybridized carbons (Fsp3) is 0.125. The van der Waals surface area contributed by atoms with E-state index in [1.54, 1.807) is 17.8 Å². The van der Waals surface area contributed by atoms with Gasteiger partial charge in [0.15, 0.2) is 0 Å². The Bertz CT molecular complexity index is 829. The molecule has 6 heteroatoms. The third kappa shape index (κ3) is 3.23. The fourth-order valence-electron chi connectivity index (χ4n) is 2.03. The standard InChI is InChI=1S/C16H15N3OS2/c1-10-6-7-13-14(8-10)22-16(17-13)19-18-15(20)11-4-3-5-12(9-11)21-2/h3-9H,1-2H3,(H,17,19)(H,18,20). The van der Waals surface area contributed by atoms with Crippen molar-refractivity contribution < 1.29 is 4.79 Å². The molecular formula is C16H15N3OS2. The molecule has 0 saturated carbocycles. The maximum atomic E-state index is 12.1. The summed E-state index contributed by atoms with van der Waals surface area (Å²) in [5.41, 5.74) is 8.33. The molecule has 0 saturated heterocycles. The van der Waals surface area contributed by atoms with Gasteiger partial charge in [0.25, 0.3) is 5.91 Å². The predicted octanol–water partition coefficient (Wildman–Crippen LogP) is 4.08. The van der Waals surface area contributed by atoms with Crippen LogP contribution in [0, 0.1) is 6.92 Å². The average molecular weight is 329 g/mol. The number of anilines is 1. The van der Waals surface area contributed by atoms with E-state index in [1.807, 2.05) is 43.5 Å². The van der Waals surface area contributed by atoms with Crippen LogP contribution in [0.25, 0.3) is 10.2 Å². The molecule has 2 aromatic carbocycles. The summed E-state index contributed by atoms with van der Waals surface area (Å²) in [4.78, 5) is 17.6. The van der Waals surface area contributed by atoms with Crippen molar-refractivity contribution in [3.05, 3.63) is 53.6 Å². The molecule has 1 amide bonds. The van der Waals surface area contributed by atoms with Crippen LogP contribution in [-0.4, -0.2) is 17.1 Å². The molecule has 0 aliphatic rings. The van der Waals surface area contributed by atoms with E-state index in [4.69, 9.17) is 0 Å². The number of aromatic nitrogens is 1. The number of hydrogen-bond acceptors (Lipinski definition) is 5. The van der Waals surface area contributed by atoms with Crippen LogP contribution in [0.5, 0.6) is 0 Å². The van der Waals surface area contributed by atoms with Crippen LogP contribution in [0.2, 0.25) is 0 Å². The molecule has 0 bridgehead atoms. The van der Waals surface area contributed by atoms with Gasteiger partial charge >= 0.3 is 0 Å². The van der Waals surface area contributed by atoms with Gasteiger partial charge in [0, 0.05) is 10.5 Å². The quantitative estimate of drug-likeness (QED) is 0.559. The number of rotatable bonds is 4. The number of benzene rings is 2. The number of carbonyl (C=O) groups is 1. The highest BCUT2D eigenvalue weighted by atomic mass is 32.2. The van der Waals surface area contributed by atoms with Crippen molar-refractivity contribution in [3.8, 4) is 0 Å². The van der Waals surface area contributed by atoms with Crippen LogP contribution >= 0.6 is 23.1 Å². The van der Waals surface area contributed by atoms with Crippen LogP contribution in [0.1, 0.15) is 15.9 Å². The number of nitrogens with one attached hydrogen (secondary N) is 2. The average Bonchev–Trinajstić information content (AvgIpc) is 2.94. The first-order valence-corrected chi connectivity index (χ1v) is 8.77. The van der Waals surface area contributed by atoms with Gasteiger partial charge in [0.05, 0.1) is 10.2 Å². The summed E-state index contributed by atoms with van der Waals surface area (Å²) in [5.74, 6) is -0.175. The number of thiazole rings is 1. The van der Waals surface area contributed by atoms with E-state index in [-0.39, 0.29) is 5.91 Å². The Morgan fingerprint density at radius 3 is 2.91 bits per heavy atom. The van der Waals surface area contributed by atoms with Crippen LogP contribution < -0.4 is 10.9 Å². The van der Waals surface area contributed by atoms with Crippen LogP contribution in [0.4, 0.5) is 5.13 Å². The van der Waals surface area contributed by atoms with Crippen molar-refractivity contribution in [1.29, 1.82) is 0 Å². The molecule has 1 aromatic heterocycles. The zero-order chi connectivity index (χ0) is 15.5. The third-order valence-corrected chi connectivity index (χ3v) is 4.82. The summed E-state index contributed by atoms with van der Waals surface area (Å²) in [7, 11) is 0. The van der Waals surface area contributed by atoms with Gasteiger partial charge in [-0.2, -0.15) is 0 Å². The second-order valence-corrected chi connectivity index (χ2v) is 6.71. The van der Waals surface area contributed by atoms with Crippen molar-refractivity contribution in [2.24, 2.45) is 0 Å². The molecule has 0 unspecified atom stereocenters. The second kappa shape index (κ2) is 6.37. The Hall–Kier alpha value is -2.05. The number of thioether (sulfide) groups is 1. The molecule has 0 spiro atoms. The Balaban J connectivity index is 1.71. The molecule has 0 atom stereocenters. The van der Waals surface area contributed by atoms with Crippen LogP contribution in [-0.2, 0) is 0 Å². The normalized spacial score (nSPS) is 10.6. The maximum Gasteiger partial charge on any atom is 0.269 e. The number of amides is 1. The third-order valence-electron chi connectivity index (χ3n) is 3.16. The van der Waals surface area contributed by atoms with E-state index in [9.17, 15) is 4.79 Å². The van der Waals surface area contributed by atoms with Crippen molar-refractivity contribution >= 4 is 44.4 Å². The summed E-state index contributed by atoms with van der Waals surface area (Å²) in [5, 5.41) is 0.676. The number of fused-ring (bicyclic) bond motifs is 1. The smallest absolute Gasteiger partial charge is 0.269 e. The van der Waals surface area contributed by atoms with Crippen LogP contribution in [0.15, 0.2) is 47.4 Å². The summed E-state index contributed by atoms with van der Waals surface area (Å²) < 4.78 is 1.10. The Morgan fingerprint density at radius 2 is 2.09 bits per heavy atom. The van der Waals surface area contributed by atoms with E-state index < -0.39 is 0 Å². The van der Waals surface area contributed by atoms with Crippen molar-refractivity contribution in [2.75, 3.05) is 11.7 Å². The number of hydrogen-bond donors (Lipinski definition) is 2. The minimum Gasteiger partial charge on any atom is -0.273 e. The van der Waals surface area contributed by atoms with Gasteiger partial charge in [-0.1, -0.05) is 23.5 Å². The number of hydrazine groups is 1. The molecule has 112 valence electrons. The van der Waals surface area contributed by atoms with Gasteiger partial charge in [0.1, 0.15) is 0 Å². The first kappa shape index (κ1) is 14.9. The van der Waals surface area contributed by atoms with E-state index in [1.165, 1.54) is 16.9 Å². The van der Waals surface area contributed by atoms with Gasteiger partial charge < -0.3 is 0 Å². The monoisotopic (exact) mass is 329 g/mol. The molecule has 4 nitrogen and oxygen atoms in total. The van der Waals surface area contributed by atoms with E-state index in [0.29, 0.717) is 10.7 Å². The molecule has 0 aliphatic carbocycles. The van der Waals surface area contributed by atoms with Gasteiger partial charge in [0.2, 0.25) is 5.13 Å². The Labute approximate surface area is 136 Å².